The first kappa shape index (κ1) is 25.4. The number of aromatic hydroxyl groups is 2. The molecule has 3 aromatic rings. The van der Waals surface area contributed by atoms with Crippen molar-refractivity contribution in [2.75, 3.05) is 26.2 Å². The second-order valence-corrected chi connectivity index (χ2v) is 9.67. The van der Waals surface area contributed by atoms with Crippen LogP contribution >= 0.6 is 24.2 Å². The monoisotopic (exact) mass is 521 g/mol. The van der Waals surface area contributed by atoms with Crippen molar-refractivity contribution in [1.29, 1.82) is 0 Å². The lowest BCUT2D eigenvalue weighted by Crippen LogP contribution is -2.25. The van der Waals surface area contributed by atoms with Gasteiger partial charge in [0.15, 0.2) is 17.3 Å². The molecule has 2 N–H and O–H groups in total. The van der Waals surface area contributed by atoms with Gasteiger partial charge in [0.1, 0.15) is 24.2 Å². The van der Waals surface area contributed by atoms with Crippen molar-refractivity contribution in [3.8, 4) is 23.0 Å². The summed E-state index contributed by atoms with van der Waals surface area (Å²) in [7, 11) is 0. The van der Waals surface area contributed by atoms with Crippen LogP contribution in [0.1, 0.15) is 35.3 Å². The van der Waals surface area contributed by atoms with E-state index in [2.05, 4.69) is 4.90 Å². The van der Waals surface area contributed by atoms with Gasteiger partial charge >= 0.3 is 0 Å². The predicted molar refractivity (Wildman–Crippen MR) is 133 cm³/mol. The van der Waals surface area contributed by atoms with Gasteiger partial charge in [0, 0.05) is 6.54 Å². The zero-order valence-corrected chi connectivity index (χ0v) is 20.5. The maximum Gasteiger partial charge on any atom is 0.210 e. The van der Waals surface area contributed by atoms with Gasteiger partial charge in [-0.3, -0.25) is 4.90 Å². The minimum absolute atomic E-state index is 0. The van der Waals surface area contributed by atoms with E-state index in [1.54, 1.807) is 18.2 Å². The molecule has 2 aliphatic heterocycles. The summed E-state index contributed by atoms with van der Waals surface area (Å²) in [6, 6.07) is 15.2. The van der Waals surface area contributed by atoms with E-state index in [9.17, 15) is 19.0 Å². The molecule has 1 fully saturated rings. The molecule has 2 atom stereocenters. The lowest BCUT2D eigenvalue weighted by atomic mass is 9.99. The fourth-order valence-corrected chi connectivity index (χ4v) is 5.70. The Balaban J connectivity index is 0.00000289. The van der Waals surface area contributed by atoms with E-state index in [-0.39, 0.29) is 34.1 Å². The highest BCUT2D eigenvalue weighted by atomic mass is 35.5. The van der Waals surface area contributed by atoms with Gasteiger partial charge < -0.3 is 19.7 Å². The third kappa shape index (κ3) is 5.44. The topological polar surface area (TPSA) is 62.2 Å². The van der Waals surface area contributed by atoms with Gasteiger partial charge in [-0.25, -0.2) is 4.39 Å². The number of nitrogens with zero attached hydrogens (tertiary/aromatic N) is 1. The maximum absolute atomic E-state index is 14.7. The zero-order valence-electron chi connectivity index (χ0n) is 18.8. The molecule has 5 rings (SSSR count). The van der Waals surface area contributed by atoms with E-state index >= 15 is 0 Å². The summed E-state index contributed by atoms with van der Waals surface area (Å²) in [5, 5.41) is 19.4. The summed E-state index contributed by atoms with van der Waals surface area (Å²) in [6.07, 6.45) is 1.84. The van der Waals surface area contributed by atoms with Gasteiger partial charge in [-0.2, -0.15) is 4.39 Å². The number of phenolic OH excluding ortho intramolecular Hbond substituents is 2. The third-order valence-electron chi connectivity index (χ3n) is 6.17. The van der Waals surface area contributed by atoms with Crippen molar-refractivity contribution in [2.24, 2.45) is 0 Å². The molecule has 0 unspecified atom stereocenters. The van der Waals surface area contributed by atoms with E-state index in [0.717, 1.165) is 42.6 Å². The quantitative estimate of drug-likeness (QED) is 0.400. The van der Waals surface area contributed by atoms with Gasteiger partial charge in [0.05, 0.1) is 10.1 Å². The van der Waals surface area contributed by atoms with Crippen LogP contribution in [-0.4, -0.2) is 41.4 Å². The Hall–Kier alpha value is -2.68. The first-order valence-electron chi connectivity index (χ1n) is 11.3. The molecule has 2 heterocycles. The summed E-state index contributed by atoms with van der Waals surface area (Å²) >= 11 is 1.23. The van der Waals surface area contributed by atoms with Crippen LogP contribution in [0, 0.1) is 11.6 Å². The van der Waals surface area contributed by atoms with E-state index in [1.165, 1.54) is 24.6 Å². The lowest BCUT2D eigenvalue weighted by Gasteiger charge is -2.34. The first-order valence-corrected chi connectivity index (χ1v) is 12.2. The normalized spacial score (nSPS) is 19.5. The molecule has 0 radical (unpaired) electrons. The second kappa shape index (κ2) is 10.9. The van der Waals surface area contributed by atoms with Crippen molar-refractivity contribution in [3.63, 3.8) is 0 Å². The van der Waals surface area contributed by atoms with Crippen molar-refractivity contribution in [3.05, 3.63) is 77.4 Å². The van der Waals surface area contributed by atoms with Crippen LogP contribution in [0.15, 0.2) is 59.5 Å². The van der Waals surface area contributed by atoms with Crippen LogP contribution in [0.5, 0.6) is 23.0 Å². The molecule has 3 aromatic carbocycles. The van der Waals surface area contributed by atoms with Gasteiger partial charge in [0.2, 0.25) is 5.82 Å². The van der Waals surface area contributed by atoms with Crippen molar-refractivity contribution in [1.82, 2.24) is 4.90 Å². The number of phenols is 2. The molecule has 0 aromatic heterocycles. The minimum atomic E-state index is -1.12. The fourth-order valence-electron chi connectivity index (χ4n) is 4.39. The molecule has 5 nitrogen and oxygen atoms in total. The number of fused-ring (bicyclic) bond motifs is 1. The Bertz CT molecular complexity index is 1170. The zero-order chi connectivity index (χ0) is 23.7. The molecule has 1 saturated heterocycles. The van der Waals surface area contributed by atoms with E-state index < -0.39 is 23.5 Å². The van der Waals surface area contributed by atoms with Gasteiger partial charge in [-0.05, 0) is 67.4 Å². The van der Waals surface area contributed by atoms with Crippen LogP contribution in [0.4, 0.5) is 8.78 Å². The molecular weight excluding hydrogens is 496 g/mol. The summed E-state index contributed by atoms with van der Waals surface area (Å²) in [5.41, 5.74) is 1.52. The Morgan fingerprint density at radius 1 is 1.00 bits per heavy atom. The number of thioether (sulfide) groups is 1. The van der Waals surface area contributed by atoms with Crippen molar-refractivity contribution < 1.29 is 28.5 Å². The van der Waals surface area contributed by atoms with Crippen LogP contribution < -0.4 is 9.47 Å². The average molecular weight is 522 g/mol. The van der Waals surface area contributed by atoms with Crippen LogP contribution in [-0.2, 0) is 0 Å². The summed E-state index contributed by atoms with van der Waals surface area (Å²) < 4.78 is 40.6. The Morgan fingerprint density at radius 2 is 1.74 bits per heavy atom. The minimum Gasteiger partial charge on any atom is -0.508 e. The molecule has 0 spiro atoms. The molecule has 2 aliphatic rings. The smallest absolute Gasteiger partial charge is 0.210 e. The van der Waals surface area contributed by atoms with E-state index in [4.69, 9.17) is 9.47 Å². The average Bonchev–Trinajstić information content (AvgIpc) is 3.36. The van der Waals surface area contributed by atoms with Gasteiger partial charge in [-0.1, -0.05) is 24.3 Å². The predicted octanol–water partition coefficient (Wildman–Crippen LogP) is 6.24. The molecule has 9 heteroatoms. The maximum atomic E-state index is 14.7. The van der Waals surface area contributed by atoms with Crippen molar-refractivity contribution in [2.45, 2.75) is 29.1 Å². The largest absolute Gasteiger partial charge is 0.508 e. The standard InChI is InChI=1S/C26H25F2NO4S.ClH/c27-20-15-21-25(22(28)23(20)31)33-24(26(34-21)17-4-3-5-18(30)14-17)16-6-8-19(9-7-16)32-13-12-29-10-1-2-11-29;/h3-9,14-15,24,26,30-31H,1-2,10-13H2;1H/t24-,26+;/m0./s1. The molecule has 0 bridgehead atoms. The van der Waals surface area contributed by atoms with Crippen LogP contribution in [0.3, 0.4) is 0 Å². The highest BCUT2D eigenvalue weighted by Gasteiger charge is 2.36. The number of hydrogen-bond acceptors (Lipinski definition) is 6. The molecule has 0 aliphatic carbocycles. The van der Waals surface area contributed by atoms with Crippen LogP contribution in [0.25, 0.3) is 0 Å². The number of likely N-dealkylation sites (tertiary alicyclic amines) is 1. The Kier molecular flexibility index (Phi) is 7.94. The van der Waals surface area contributed by atoms with Gasteiger partial charge in [-0.15, -0.1) is 24.2 Å². The molecule has 186 valence electrons. The number of rotatable bonds is 6. The van der Waals surface area contributed by atoms with Crippen molar-refractivity contribution >= 4 is 24.2 Å². The number of benzene rings is 3. The second-order valence-electron chi connectivity index (χ2n) is 8.49. The highest BCUT2D eigenvalue weighted by Crippen LogP contribution is 2.55. The first-order chi connectivity index (χ1) is 16.5. The number of hydrogen-bond donors (Lipinski definition) is 2. The van der Waals surface area contributed by atoms with E-state index in [1.807, 2.05) is 30.3 Å². The summed E-state index contributed by atoms with van der Waals surface area (Å²) in [4.78, 5) is 2.63. The summed E-state index contributed by atoms with van der Waals surface area (Å²) in [5.74, 6) is -2.59. The SMILES string of the molecule is Cl.Oc1cccc([C@H]2Sc3cc(F)c(O)c(F)c3O[C@H]2c2ccc(OCCN3CCCC3)cc2)c1. The van der Waals surface area contributed by atoms with E-state index in [0.29, 0.717) is 6.61 Å². The molecule has 0 saturated carbocycles. The lowest BCUT2D eigenvalue weighted by molar-refractivity contribution is 0.178. The Labute approximate surface area is 213 Å². The number of halogens is 3. The van der Waals surface area contributed by atoms with Crippen LogP contribution in [0.2, 0.25) is 0 Å². The highest BCUT2D eigenvalue weighted by molar-refractivity contribution is 7.99. The fraction of sp³-hybridized carbons (Fsp3) is 0.308. The third-order valence-corrected chi connectivity index (χ3v) is 7.50. The molecule has 35 heavy (non-hydrogen) atoms. The molecular formula is C26H26ClF2NO4S. The van der Waals surface area contributed by atoms with Gasteiger partial charge in [0.25, 0.3) is 0 Å². The molecule has 0 amide bonds. The summed E-state index contributed by atoms with van der Waals surface area (Å²) in [6.45, 7) is 3.73. The Morgan fingerprint density at radius 3 is 2.46 bits per heavy atom. The number of ether oxygens (including phenoxy) is 2.